The van der Waals surface area contributed by atoms with Crippen LogP contribution in [0.1, 0.15) is 21.9 Å². The number of amides is 1. The molecule has 2 aromatic rings. The summed E-state index contributed by atoms with van der Waals surface area (Å²) in [6, 6.07) is 5.56. The van der Waals surface area contributed by atoms with E-state index < -0.39 is 0 Å². The van der Waals surface area contributed by atoms with Crippen molar-refractivity contribution < 1.29 is 9.21 Å². The van der Waals surface area contributed by atoms with Crippen LogP contribution in [0.5, 0.6) is 0 Å². The SMILES string of the molecule is Cc1oc(CSc2ccncc2)cc1C(=O)NN. The first-order valence-corrected chi connectivity index (χ1v) is 6.32. The van der Waals surface area contributed by atoms with Crippen LogP contribution < -0.4 is 11.3 Å². The number of carbonyl (C=O) groups is 1. The van der Waals surface area contributed by atoms with E-state index >= 15 is 0 Å². The van der Waals surface area contributed by atoms with Crippen LogP contribution in [0.25, 0.3) is 0 Å². The normalized spacial score (nSPS) is 10.3. The Bertz CT molecular complexity index is 540. The van der Waals surface area contributed by atoms with Crippen LogP contribution in [-0.2, 0) is 5.75 Å². The molecule has 0 radical (unpaired) electrons. The number of pyridine rings is 1. The summed E-state index contributed by atoms with van der Waals surface area (Å²) in [4.78, 5) is 16.5. The van der Waals surface area contributed by atoms with E-state index in [4.69, 9.17) is 10.3 Å². The molecule has 5 nitrogen and oxygen atoms in total. The molecule has 0 aliphatic carbocycles. The molecule has 6 heteroatoms. The molecule has 18 heavy (non-hydrogen) atoms. The third-order valence-electron chi connectivity index (χ3n) is 2.38. The summed E-state index contributed by atoms with van der Waals surface area (Å²) in [6.07, 6.45) is 3.48. The minimum atomic E-state index is -0.337. The molecule has 2 heterocycles. The first-order chi connectivity index (χ1) is 8.70. The van der Waals surface area contributed by atoms with Crippen molar-refractivity contribution >= 4 is 17.7 Å². The molecule has 0 saturated carbocycles. The number of aromatic nitrogens is 1. The predicted octanol–water partition coefficient (Wildman–Crippen LogP) is 1.88. The van der Waals surface area contributed by atoms with Crippen LogP contribution in [-0.4, -0.2) is 10.9 Å². The number of nitrogens with zero attached hydrogens (tertiary/aromatic N) is 1. The molecule has 0 atom stereocenters. The third kappa shape index (κ3) is 2.91. The monoisotopic (exact) mass is 263 g/mol. The second kappa shape index (κ2) is 5.70. The van der Waals surface area contributed by atoms with Crippen molar-refractivity contribution in [3.8, 4) is 0 Å². The highest BCUT2D eigenvalue weighted by atomic mass is 32.2. The maximum Gasteiger partial charge on any atom is 0.268 e. The molecule has 2 aromatic heterocycles. The maximum absolute atomic E-state index is 11.4. The fraction of sp³-hybridized carbons (Fsp3) is 0.167. The Morgan fingerprint density at radius 1 is 1.50 bits per heavy atom. The van der Waals surface area contributed by atoms with Crippen LogP contribution in [0.2, 0.25) is 0 Å². The number of thioether (sulfide) groups is 1. The number of hydrogen-bond acceptors (Lipinski definition) is 5. The van der Waals surface area contributed by atoms with Gasteiger partial charge in [-0.3, -0.25) is 15.2 Å². The Morgan fingerprint density at radius 3 is 2.89 bits per heavy atom. The number of nitrogens with two attached hydrogens (primary N) is 1. The zero-order valence-corrected chi connectivity index (χ0v) is 10.7. The predicted molar refractivity (Wildman–Crippen MR) is 68.9 cm³/mol. The molecule has 0 aliphatic heterocycles. The second-order valence-corrected chi connectivity index (χ2v) is 4.68. The molecule has 0 aliphatic rings. The second-order valence-electron chi connectivity index (χ2n) is 3.63. The van der Waals surface area contributed by atoms with E-state index in [0.29, 0.717) is 17.1 Å². The van der Waals surface area contributed by atoms with Gasteiger partial charge >= 0.3 is 0 Å². The average molecular weight is 263 g/mol. The Morgan fingerprint density at radius 2 is 2.22 bits per heavy atom. The summed E-state index contributed by atoms with van der Waals surface area (Å²) in [7, 11) is 0. The van der Waals surface area contributed by atoms with Gasteiger partial charge in [0.05, 0.1) is 11.3 Å². The van der Waals surface area contributed by atoms with Crippen LogP contribution >= 0.6 is 11.8 Å². The summed E-state index contributed by atoms with van der Waals surface area (Å²) in [5.41, 5.74) is 2.57. The highest BCUT2D eigenvalue weighted by Gasteiger charge is 2.13. The molecule has 3 N–H and O–H groups in total. The van der Waals surface area contributed by atoms with Gasteiger partial charge in [-0.2, -0.15) is 0 Å². The molecular formula is C12H13N3O2S. The quantitative estimate of drug-likeness (QED) is 0.381. The Hall–Kier alpha value is -1.79. The molecule has 0 bridgehead atoms. The molecular weight excluding hydrogens is 250 g/mol. The van der Waals surface area contributed by atoms with Gasteiger partial charge in [-0.15, -0.1) is 11.8 Å². The topological polar surface area (TPSA) is 81.2 Å². The van der Waals surface area contributed by atoms with Crippen molar-refractivity contribution in [3.63, 3.8) is 0 Å². The smallest absolute Gasteiger partial charge is 0.268 e. The van der Waals surface area contributed by atoms with E-state index in [-0.39, 0.29) is 5.91 Å². The van der Waals surface area contributed by atoms with Crippen molar-refractivity contribution in [3.05, 3.63) is 47.7 Å². The number of nitrogen functional groups attached to an aromatic ring is 1. The number of carbonyl (C=O) groups excluding carboxylic acids is 1. The fourth-order valence-corrected chi connectivity index (χ4v) is 2.27. The first-order valence-electron chi connectivity index (χ1n) is 5.34. The highest BCUT2D eigenvalue weighted by Crippen LogP contribution is 2.24. The van der Waals surface area contributed by atoms with Gasteiger partial charge in [0.1, 0.15) is 11.5 Å². The van der Waals surface area contributed by atoms with Crippen LogP contribution in [0, 0.1) is 6.92 Å². The minimum Gasteiger partial charge on any atom is -0.465 e. The fourth-order valence-electron chi connectivity index (χ4n) is 1.51. The summed E-state index contributed by atoms with van der Waals surface area (Å²) < 4.78 is 5.51. The minimum absolute atomic E-state index is 0.337. The van der Waals surface area contributed by atoms with Gasteiger partial charge in [-0.1, -0.05) is 0 Å². The van der Waals surface area contributed by atoms with Crippen molar-refractivity contribution in [2.45, 2.75) is 17.6 Å². The molecule has 0 aromatic carbocycles. The van der Waals surface area contributed by atoms with Gasteiger partial charge in [-0.05, 0) is 25.1 Å². The largest absolute Gasteiger partial charge is 0.465 e. The summed E-state index contributed by atoms with van der Waals surface area (Å²) in [5, 5.41) is 0. The molecule has 2 rings (SSSR count). The average Bonchev–Trinajstić information content (AvgIpc) is 2.78. The van der Waals surface area contributed by atoms with Crippen molar-refractivity contribution in [2.75, 3.05) is 0 Å². The van der Waals surface area contributed by atoms with E-state index in [1.165, 1.54) is 0 Å². The highest BCUT2D eigenvalue weighted by molar-refractivity contribution is 7.98. The molecule has 0 saturated heterocycles. The van der Waals surface area contributed by atoms with E-state index in [1.54, 1.807) is 37.1 Å². The van der Waals surface area contributed by atoms with Gasteiger partial charge < -0.3 is 4.42 Å². The third-order valence-corrected chi connectivity index (χ3v) is 3.41. The van der Waals surface area contributed by atoms with Gasteiger partial charge in [0.2, 0.25) is 0 Å². The molecule has 1 amide bonds. The van der Waals surface area contributed by atoms with Crippen molar-refractivity contribution in [2.24, 2.45) is 5.84 Å². The standard InChI is InChI=1S/C12H13N3O2S/c1-8-11(12(16)15-13)6-9(17-8)7-18-10-2-4-14-5-3-10/h2-6H,7,13H2,1H3,(H,15,16). The zero-order valence-electron chi connectivity index (χ0n) is 9.84. The van der Waals surface area contributed by atoms with E-state index in [0.717, 1.165) is 10.7 Å². The lowest BCUT2D eigenvalue weighted by Gasteiger charge is -1.97. The lowest BCUT2D eigenvalue weighted by Crippen LogP contribution is -2.30. The van der Waals surface area contributed by atoms with Crippen LogP contribution in [0.15, 0.2) is 39.9 Å². The summed E-state index contributed by atoms with van der Waals surface area (Å²) >= 11 is 1.62. The van der Waals surface area contributed by atoms with E-state index in [9.17, 15) is 4.79 Å². The number of hydrogen-bond donors (Lipinski definition) is 2. The van der Waals surface area contributed by atoms with Crippen LogP contribution in [0.4, 0.5) is 0 Å². The Kier molecular flexibility index (Phi) is 4.01. The number of aryl methyl sites for hydroxylation is 1. The van der Waals surface area contributed by atoms with Gasteiger partial charge in [0, 0.05) is 17.3 Å². The summed E-state index contributed by atoms with van der Waals surface area (Å²) in [6.45, 7) is 1.74. The lowest BCUT2D eigenvalue weighted by molar-refractivity contribution is 0.0952. The molecule has 0 unspecified atom stereocenters. The number of hydrazine groups is 1. The van der Waals surface area contributed by atoms with Crippen molar-refractivity contribution in [1.29, 1.82) is 0 Å². The van der Waals surface area contributed by atoms with Crippen LogP contribution in [0.3, 0.4) is 0 Å². The lowest BCUT2D eigenvalue weighted by atomic mass is 10.2. The Balaban J connectivity index is 2.05. The van der Waals surface area contributed by atoms with Gasteiger partial charge in [0.25, 0.3) is 5.91 Å². The first kappa shape index (κ1) is 12.7. The number of furan rings is 1. The Labute approximate surface area is 109 Å². The zero-order chi connectivity index (χ0) is 13.0. The van der Waals surface area contributed by atoms with E-state index in [2.05, 4.69) is 10.4 Å². The maximum atomic E-state index is 11.4. The molecule has 0 fully saturated rings. The van der Waals surface area contributed by atoms with Crippen molar-refractivity contribution in [1.82, 2.24) is 10.4 Å². The molecule has 0 spiro atoms. The van der Waals surface area contributed by atoms with Gasteiger partial charge in [-0.25, -0.2) is 5.84 Å². The number of nitrogens with one attached hydrogen (secondary N) is 1. The summed E-state index contributed by atoms with van der Waals surface area (Å²) in [5.74, 6) is 6.73. The van der Waals surface area contributed by atoms with Gasteiger partial charge in [0.15, 0.2) is 0 Å². The van der Waals surface area contributed by atoms with E-state index in [1.807, 2.05) is 12.1 Å². The molecule has 94 valence electrons. The number of rotatable bonds is 4.